The number of hydrogen-bond donors (Lipinski definition) is 0. The molecule has 2 heterocycles. The van der Waals surface area contributed by atoms with Gasteiger partial charge in [0.1, 0.15) is 0 Å². The lowest BCUT2D eigenvalue weighted by Gasteiger charge is -2.34. The van der Waals surface area contributed by atoms with E-state index in [0.717, 1.165) is 18.2 Å². The molecule has 0 spiro atoms. The van der Waals surface area contributed by atoms with Crippen molar-refractivity contribution in [3.8, 4) is 0 Å². The van der Waals surface area contributed by atoms with Crippen LogP contribution in [-0.4, -0.2) is 31.2 Å². The van der Waals surface area contributed by atoms with Crippen LogP contribution in [0.5, 0.6) is 0 Å². The molecule has 0 radical (unpaired) electrons. The molecule has 2 unspecified atom stereocenters. The fraction of sp³-hybridized carbons (Fsp3) is 0.667. The number of thiazole rings is 1. The van der Waals surface area contributed by atoms with Crippen molar-refractivity contribution < 1.29 is 9.53 Å². The number of esters is 1. The molecule has 0 N–H and O–H groups in total. The summed E-state index contributed by atoms with van der Waals surface area (Å²) in [6, 6.07) is 0. The van der Waals surface area contributed by atoms with Crippen LogP contribution in [0.25, 0.3) is 0 Å². The Balaban J connectivity index is 2.21. The highest BCUT2D eigenvalue weighted by Gasteiger charge is 2.26. The number of aromatic nitrogens is 1. The number of hydrogen-bond acceptors (Lipinski definition) is 5. The standard InChI is InChI=1S/C12H17ClN2O2S/c1-7-4-8(2)6-15(5-7)12-14-10(13)9(18-12)11(16)17-3/h7-8H,4-6H2,1-3H3. The molecule has 4 nitrogen and oxygen atoms in total. The van der Waals surface area contributed by atoms with Crippen molar-refractivity contribution in [2.24, 2.45) is 11.8 Å². The van der Waals surface area contributed by atoms with Gasteiger partial charge < -0.3 is 9.64 Å². The highest BCUT2D eigenvalue weighted by atomic mass is 35.5. The van der Waals surface area contributed by atoms with Gasteiger partial charge >= 0.3 is 5.97 Å². The van der Waals surface area contributed by atoms with Gasteiger partial charge in [0, 0.05) is 13.1 Å². The Labute approximate surface area is 116 Å². The van der Waals surface area contributed by atoms with Crippen LogP contribution >= 0.6 is 22.9 Å². The number of carbonyl (C=O) groups is 1. The average molecular weight is 289 g/mol. The van der Waals surface area contributed by atoms with Gasteiger partial charge in [-0.1, -0.05) is 36.8 Å². The Morgan fingerprint density at radius 1 is 1.44 bits per heavy atom. The second kappa shape index (κ2) is 5.45. The van der Waals surface area contributed by atoms with Gasteiger partial charge in [-0.15, -0.1) is 0 Å². The highest BCUT2D eigenvalue weighted by Crippen LogP contribution is 2.33. The van der Waals surface area contributed by atoms with Gasteiger partial charge in [-0.05, 0) is 18.3 Å². The third-order valence-electron chi connectivity index (χ3n) is 3.08. The van der Waals surface area contributed by atoms with E-state index in [1.807, 2.05) is 0 Å². The van der Waals surface area contributed by atoms with Gasteiger partial charge in [0.25, 0.3) is 0 Å². The average Bonchev–Trinajstić information content (AvgIpc) is 2.69. The maximum Gasteiger partial charge on any atom is 0.351 e. The smallest absolute Gasteiger partial charge is 0.351 e. The minimum Gasteiger partial charge on any atom is -0.465 e. The summed E-state index contributed by atoms with van der Waals surface area (Å²) in [5.74, 6) is 0.859. The van der Waals surface area contributed by atoms with Crippen LogP contribution in [0.2, 0.25) is 5.15 Å². The number of nitrogens with zero attached hydrogens (tertiary/aromatic N) is 2. The molecular formula is C12H17ClN2O2S. The van der Waals surface area contributed by atoms with E-state index in [4.69, 9.17) is 11.6 Å². The lowest BCUT2D eigenvalue weighted by Crippen LogP contribution is -2.38. The van der Waals surface area contributed by atoms with E-state index in [1.54, 1.807) is 0 Å². The first kappa shape index (κ1) is 13.6. The van der Waals surface area contributed by atoms with Crippen LogP contribution in [0, 0.1) is 11.8 Å². The molecule has 0 bridgehead atoms. The summed E-state index contributed by atoms with van der Waals surface area (Å²) in [6.07, 6.45) is 1.24. The molecule has 0 amide bonds. The normalized spacial score (nSPS) is 24.1. The number of methoxy groups -OCH3 is 1. The first-order chi connectivity index (χ1) is 8.51. The van der Waals surface area contributed by atoms with Crippen molar-refractivity contribution in [3.63, 3.8) is 0 Å². The number of piperidine rings is 1. The lowest BCUT2D eigenvalue weighted by molar-refractivity contribution is 0.0606. The summed E-state index contributed by atoms with van der Waals surface area (Å²) in [6.45, 7) is 6.40. The molecule has 100 valence electrons. The third-order valence-corrected chi connectivity index (χ3v) is 4.57. The van der Waals surface area contributed by atoms with Crippen molar-refractivity contribution in [1.29, 1.82) is 0 Å². The first-order valence-electron chi connectivity index (χ1n) is 6.00. The molecule has 0 aliphatic carbocycles. The third kappa shape index (κ3) is 2.78. The molecule has 1 aromatic heterocycles. The second-order valence-corrected chi connectivity index (χ2v) is 6.29. The largest absolute Gasteiger partial charge is 0.465 e. The monoisotopic (exact) mass is 288 g/mol. The minimum absolute atomic E-state index is 0.243. The van der Waals surface area contributed by atoms with Gasteiger partial charge in [-0.3, -0.25) is 0 Å². The van der Waals surface area contributed by atoms with E-state index in [9.17, 15) is 4.79 Å². The van der Waals surface area contributed by atoms with Crippen molar-refractivity contribution >= 4 is 34.0 Å². The number of halogens is 1. The van der Waals surface area contributed by atoms with E-state index < -0.39 is 5.97 Å². The molecule has 1 fully saturated rings. The Kier molecular flexibility index (Phi) is 4.12. The number of ether oxygens (including phenoxy) is 1. The Morgan fingerprint density at radius 2 is 2.06 bits per heavy atom. The van der Waals surface area contributed by atoms with Crippen LogP contribution in [0.1, 0.15) is 29.9 Å². The first-order valence-corrected chi connectivity index (χ1v) is 7.20. The van der Waals surface area contributed by atoms with E-state index in [-0.39, 0.29) is 5.15 Å². The zero-order valence-corrected chi connectivity index (χ0v) is 12.3. The molecule has 1 aliphatic rings. The van der Waals surface area contributed by atoms with Crippen molar-refractivity contribution in [2.45, 2.75) is 20.3 Å². The summed E-state index contributed by atoms with van der Waals surface area (Å²) in [7, 11) is 1.35. The SMILES string of the molecule is COC(=O)c1sc(N2CC(C)CC(C)C2)nc1Cl. The highest BCUT2D eigenvalue weighted by molar-refractivity contribution is 7.18. The zero-order chi connectivity index (χ0) is 13.3. The maximum absolute atomic E-state index is 11.5. The molecule has 2 rings (SSSR count). The fourth-order valence-corrected chi connectivity index (χ4v) is 3.68. The Hall–Kier alpha value is -0.810. The molecule has 18 heavy (non-hydrogen) atoms. The Bertz CT molecular complexity index is 439. The maximum atomic E-state index is 11.5. The summed E-state index contributed by atoms with van der Waals surface area (Å²) in [4.78, 5) is 18.4. The molecule has 1 aromatic rings. The van der Waals surface area contributed by atoms with E-state index in [0.29, 0.717) is 16.7 Å². The van der Waals surface area contributed by atoms with E-state index >= 15 is 0 Å². The van der Waals surface area contributed by atoms with Gasteiger partial charge in [-0.25, -0.2) is 9.78 Å². The van der Waals surface area contributed by atoms with Crippen molar-refractivity contribution in [2.75, 3.05) is 25.1 Å². The topological polar surface area (TPSA) is 42.4 Å². The van der Waals surface area contributed by atoms with Crippen LogP contribution in [0.3, 0.4) is 0 Å². The van der Waals surface area contributed by atoms with Gasteiger partial charge in [0.2, 0.25) is 0 Å². The predicted molar refractivity (Wildman–Crippen MR) is 73.6 cm³/mol. The molecule has 1 saturated heterocycles. The molecule has 0 aromatic carbocycles. The van der Waals surface area contributed by atoms with Crippen LogP contribution < -0.4 is 4.90 Å². The summed E-state index contributed by atoms with van der Waals surface area (Å²) < 4.78 is 4.69. The number of anilines is 1. The van der Waals surface area contributed by atoms with Crippen molar-refractivity contribution in [3.05, 3.63) is 10.0 Å². The minimum atomic E-state index is -0.415. The predicted octanol–water partition coefficient (Wildman–Crippen LogP) is 3.07. The van der Waals surface area contributed by atoms with Crippen LogP contribution in [0.4, 0.5) is 5.13 Å². The van der Waals surface area contributed by atoms with Gasteiger partial charge in [0.15, 0.2) is 15.2 Å². The molecule has 2 atom stereocenters. The summed E-state index contributed by atoms with van der Waals surface area (Å²) in [5.41, 5.74) is 0. The molecular weight excluding hydrogens is 272 g/mol. The molecule has 6 heteroatoms. The quantitative estimate of drug-likeness (QED) is 0.785. The summed E-state index contributed by atoms with van der Waals surface area (Å²) >= 11 is 7.29. The lowest BCUT2D eigenvalue weighted by atomic mass is 9.92. The van der Waals surface area contributed by atoms with Gasteiger partial charge in [-0.2, -0.15) is 0 Å². The second-order valence-electron chi connectivity index (χ2n) is 4.96. The van der Waals surface area contributed by atoms with Crippen LogP contribution in [0.15, 0.2) is 0 Å². The zero-order valence-electron chi connectivity index (χ0n) is 10.8. The number of rotatable bonds is 2. The van der Waals surface area contributed by atoms with Crippen molar-refractivity contribution in [1.82, 2.24) is 4.98 Å². The fourth-order valence-electron chi connectivity index (χ4n) is 2.46. The van der Waals surface area contributed by atoms with Crippen LogP contribution in [-0.2, 0) is 4.74 Å². The Morgan fingerprint density at radius 3 is 2.61 bits per heavy atom. The van der Waals surface area contributed by atoms with Gasteiger partial charge in [0.05, 0.1) is 7.11 Å². The summed E-state index contributed by atoms with van der Waals surface area (Å²) in [5, 5.41) is 1.06. The van der Waals surface area contributed by atoms with E-state index in [1.165, 1.54) is 24.9 Å². The van der Waals surface area contributed by atoms with E-state index in [2.05, 4.69) is 28.5 Å². The molecule has 1 aliphatic heterocycles. The molecule has 0 saturated carbocycles. The number of carbonyl (C=O) groups excluding carboxylic acids is 1.